The van der Waals surface area contributed by atoms with Gasteiger partial charge in [-0.25, -0.2) is 4.39 Å². The zero-order valence-corrected chi connectivity index (χ0v) is 11.5. The second-order valence-electron chi connectivity index (χ2n) is 5.49. The van der Waals surface area contributed by atoms with Crippen LogP contribution in [0, 0.1) is 23.1 Å². The summed E-state index contributed by atoms with van der Waals surface area (Å²) in [5, 5.41) is 2.74. The molecule has 19 heavy (non-hydrogen) atoms. The third-order valence-corrected chi connectivity index (χ3v) is 2.27. The second-order valence-corrected chi connectivity index (χ2v) is 5.49. The second kappa shape index (κ2) is 6.35. The Morgan fingerprint density at radius 3 is 2.68 bits per heavy atom. The average molecular weight is 262 g/mol. The van der Waals surface area contributed by atoms with Gasteiger partial charge in [0.1, 0.15) is 5.82 Å². The van der Waals surface area contributed by atoms with Gasteiger partial charge in [-0.05, 0) is 23.6 Å². The number of carbonyl (C=O) groups excluding carboxylic acids is 1. The fourth-order valence-electron chi connectivity index (χ4n) is 1.53. The molecule has 0 saturated carbocycles. The number of amides is 1. The molecule has 0 aromatic heterocycles. The van der Waals surface area contributed by atoms with E-state index < -0.39 is 5.82 Å². The molecule has 0 spiro atoms. The molecule has 0 saturated heterocycles. The summed E-state index contributed by atoms with van der Waals surface area (Å²) in [4.78, 5) is 11.8. The number of hydrogen-bond acceptors (Lipinski definition) is 2. The molecular weight excluding hydrogens is 243 g/mol. The minimum Gasteiger partial charge on any atom is -0.326 e. The van der Waals surface area contributed by atoms with E-state index in [4.69, 9.17) is 5.73 Å². The Hall–Kier alpha value is -1.86. The largest absolute Gasteiger partial charge is 0.326 e. The van der Waals surface area contributed by atoms with Gasteiger partial charge in [-0.3, -0.25) is 4.79 Å². The SMILES string of the molecule is CC(C)(C)CC(=O)Nc1ccc(F)c(C#CCN)c1. The number of nitrogens with one attached hydrogen (secondary N) is 1. The van der Waals surface area contributed by atoms with Crippen LogP contribution < -0.4 is 11.1 Å². The standard InChI is InChI=1S/C15H19FN2O/c1-15(2,3)10-14(19)18-12-6-7-13(16)11(9-12)5-4-8-17/h6-7,9H,8,10,17H2,1-3H3,(H,18,19). The molecule has 1 aromatic rings. The lowest BCUT2D eigenvalue weighted by Crippen LogP contribution is -2.19. The molecule has 0 aliphatic carbocycles. The summed E-state index contributed by atoms with van der Waals surface area (Å²) in [6.07, 6.45) is 0.397. The van der Waals surface area contributed by atoms with Gasteiger partial charge in [0.2, 0.25) is 5.91 Å². The number of benzene rings is 1. The molecule has 3 N–H and O–H groups in total. The normalized spacial score (nSPS) is 10.6. The van der Waals surface area contributed by atoms with Crippen LogP contribution in [0.15, 0.2) is 18.2 Å². The monoisotopic (exact) mass is 262 g/mol. The molecule has 4 heteroatoms. The quantitative estimate of drug-likeness (QED) is 0.805. The number of rotatable bonds is 2. The summed E-state index contributed by atoms with van der Waals surface area (Å²) in [5.41, 5.74) is 5.93. The van der Waals surface area contributed by atoms with E-state index in [0.29, 0.717) is 12.1 Å². The van der Waals surface area contributed by atoms with E-state index >= 15 is 0 Å². The smallest absolute Gasteiger partial charge is 0.224 e. The molecule has 0 radical (unpaired) electrons. The van der Waals surface area contributed by atoms with Crippen LogP contribution >= 0.6 is 0 Å². The summed E-state index contributed by atoms with van der Waals surface area (Å²) >= 11 is 0. The Balaban J connectivity index is 2.83. The number of halogens is 1. The highest BCUT2D eigenvalue weighted by Crippen LogP contribution is 2.20. The van der Waals surface area contributed by atoms with Gasteiger partial charge >= 0.3 is 0 Å². The maximum Gasteiger partial charge on any atom is 0.224 e. The molecule has 0 unspecified atom stereocenters. The summed E-state index contributed by atoms with van der Waals surface area (Å²) in [6, 6.07) is 4.31. The summed E-state index contributed by atoms with van der Waals surface area (Å²) in [6.45, 7) is 6.11. The van der Waals surface area contributed by atoms with Crippen LogP contribution in [0.1, 0.15) is 32.8 Å². The predicted molar refractivity (Wildman–Crippen MR) is 75.0 cm³/mol. The maximum absolute atomic E-state index is 13.4. The predicted octanol–water partition coefficient (Wildman–Crippen LogP) is 2.51. The summed E-state index contributed by atoms with van der Waals surface area (Å²) in [7, 11) is 0. The van der Waals surface area contributed by atoms with E-state index in [1.54, 1.807) is 0 Å². The number of carbonyl (C=O) groups is 1. The first-order valence-electron chi connectivity index (χ1n) is 6.10. The van der Waals surface area contributed by atoms with Crippen LogP contribution in [0.2, 0.25) is 0 Å². The zero-order chi connectivity index (χ0) is 14.5. The lowest BCUT2D eigenvalue weighted by atomic mass is 9.92. The van der Waals surface area contributed by atoms with Crippen LogP contribution in [0.5, 0.6) is 0 Å². The summed E-state index contributed by atoms with van der Waals surface area (Å²) in [5.74, 6) is 4.70. The third kappa shape index (κ3) is 5.54. The van der Waals surface area contributed by atoms with E-state index in [0.717, 1.165) is 0 Å². The van der Waals surface area contributed by atoms with Gasteiger partial charge < -0.3 is 11.1 Å². The Labute approximate surface area is 113 Å². The molecule has 1 rings (SSSR count). The van der Waals surface area contributed by atoms with Gasteiger partial charge in [0, 0.05) is 12.1 Å². The zero-order valence-electron chi connectivity index (χ0n) is 11.5. The van der Waals surface area contributed by atoms with Crippen LogP contribution in [0.3, 0.4) is 0 Å². The minimum absolute atomic E-state index is 0.0910. The lowest BCUT2D eigenvalue weighted by Gasteiger charge is -2.17. The van der Waals surface area contributed by atoms with Crippen LogP contribution in [-0.4, -0.2) is 12.5 Å². The first-order valence-corrected chi connectivity index (χ1v) is 6.10. The van der Waals surface area contributed by atoms with Gasteiger partial charge in [0.25, 0.3) is 0 Å². The first kappa shape index (κ1) is 15.2. The first-order chi connectivity index (χ1) is 8.81. The van der Waals surface area contributed by atoms with Crippen molar-refractivity contribution in [1.29, 1.82) is 0 Å². The molecule has 0 aliphatic rings. The Morgan fingerprint density at radius 1 is 1.42 bits per heavy atom. The topological polar surface area (TPSA) is 55.1 Å². The van der Waals surface area contributed by atoms with Crippen molar-refractivity contribution in [2.24, 2.45) is 11.1 Å². The highest BCUT2D eigenvalue weighted by Gasteiger charge is 2.16. The van der Waals surface area contributed by atoms with Gasteiger partial charge in [-0.1, -0.05) is 32.6 Å². The molecule has 0 bridgehead atoms. The summed E-state index contributed by atoms with van der Waals surface area (Å²) < 4.78 is 13.4. The van der Waals surface area contributed by atoms with Crippen molar-refractivity contribution < 1.29 is 9.18 Å². The van der Waals surface area contributed by atoms with Gasteiger partial charge in [0.05, 0.1) is 12.1 Å². The Kier molecular flexibility index (Phi) is 5.08. The molecule has 0 heterocycles. The van der Waals surface area contributed by atoms with Crippen molar-refractivity contribution in [1.82, 2.24) is 0 Å². The maximum atomic E-state index is 13.4. The Morgan fingerprint density at radius 2 is 2.11 bits per heavy atom. The van der Waals surface area contributed by atoms with E-state index in [9.17, 15) is 9.18 Å². The van der Waals surface area contributed by atoms with Gasteiger partial charge in [-0.2, -0.15) is 0 Å². The fraction of sp³-hybridized carbons (Fsp3) is 0.400. The highest BCUT2D eigenvalue weighted by atomic mass is 19.1. The molecule has 1 aromatic carbocycles. The van der Waals surface area contributed by atoms with E-state index in [-0.39, 0.29) is 23.4 Å². The number of anilines is 1. The average Bonchev–Trinajstić information content (AvgIpc) is 2.27. The van der Waals surface area contributed by atoms with E-state index in [1.807, 2.05) is 20.8 Å². The fourth-order valence-corrected chi connectivity index (χ4v) is 1.53. The third-order valence-electron chi connectivity index (χ3n) is 2.27. The van der Waals surface area contributed by atoms with E-state index in [1.165, 1.54) is 18.2 Å². The van der Waals surface area contributed by atoms with Crippen molar-refractivity contribution in [3.05, 3.63) is 29.6 Å². The van der Waals surface area contributed by atoms with Crippen molar-refractivity contribution in [3.8, 4) is 11.8 Å². The molecule has 0 aliphatic heterocycles. The van der Waals surface area contributed by atoms with Crippen molar-refractivity contribution >= 4 is 11.6 Å². The molecule has 102 valence electrons. The lowest BCUT2D eigenvalue weighted by molar-refractivity contribution is -0.117. The molecular formula is C15H19FN2O. The van der Waals surface area contributed by atoms with Crippen LogP contribution in [-0.2, 0) is 4.79 Å². The van der Waals surface area contributed by atoms with Crippen molar-refractivity contribution in [2.75, 3.05) is 11.9 Å². The minimum atomic E-state index is -0.422. The van der Waals surface area contributed by atoms with Crippen LogP contribution in [0.25, 0.3) is 0 Å². The molecule has 1 amide bonds. The number of nitrogens with two attached hydrogens (primary N) is 1. The van der Waals surface area contributed by atoms with E-state index in [2.05, 4.69) is 17.2 Å². The molecule has 0 atom stereocenters. The van der Waals surface area contributed by atoms with Gasteiger partial charge in [-0.15, -0.1) is 0 Å². The van der Waals surface area contributed by atoms with Crippen molar-refractivity contribution in [2.45, 2.75) is 27.2 Å². The van der Waals surface area contributed by atoms with Gasteiger partial charge in [0.15, 0.2) is 0 Å². The van der Waals surface area contributed by atoms with Crippen molar-refractivity contribution in [3.63, 3.8) is 0 Å². The molecule has 0 fully saturated rings. The molecule has 3 nitrogen and oxygen atoms in total. The van der Waals surface area contributed by atoms with Crippen LogP contribution in [0.4, 0.5) is 10.1 Å². The number of hydrogen-bond donors (Lipinski definition) is 2. The Bertz CT molecular complexity index is 521. The highest BCUT2D eigenvalue weighted by molar-refractivity contribution is 5.91.